The topological polar surface area (TPSA) is 93.5 Å². The number of aryl methyl sites for hydroxylation is 1. The maximum atomic E-state index is 13.0. The number of rotatable bonds is 11. The van der Waals surface area contributed by atoms with Gasteiger partial charge in [-0.15, -0.1) is 0 Å². The number of hydrogen-bond acceptors (Lipinski definition) is 6. The Morgan fingerprint density at radius 3 is 2.61 bits per heavy atom. The minimum absolute atomic E-state index is 0.0117. The summed E-state index contributed by atoms with van der Waals surface area (Å²) in [5.41, 5.74) is 1.49. The molecule has 1 aliphatic heterocycles. The van der Waals surface area contributed by atoms with Gasteiger partial charge in [-0.2, -0.15) is 4.31 Å². The molecule has 1 atom stereocenters. The van der Waals surface area contributed by atoms with Crippen molar-refractivity contribution in [2.24, 2.45) is 5.92 Å². The lowest BCUT2D eigenvalue weighted by Gasteiger charge is -2.26. The first kappa shape index (κ1) is 26.0. The molecule has 10 heteroatoms. The van der Waals surface area contributed by atoms with Crippen LogP contribution in [0, 0.1) is 5.92 Å². The monoisotopic (exact) mass is 496 g/mol. The van der Waals surface area contributed by atoms with E-state index in [9.17, 15) is 13.2 Å². The third-order valence-electron chi connectivity index (χ3n) is 5.77. The summed E-state index contributed by atoms with van der Waals surface area (Å²) in [7, 11) is -3.58. The van der Waals surface area contributed by atoms with Gasteiger partial charge in [0.15, 0.2) is 5.16 Å². The fraction of sp³-hybridized carbons (Fsp3) is 0.652. The maximum absolute atomic E-state index is 13.0. The van der Waals surface area contributed by atoms with Crippen molar-refractivity contribution in [1.82, 2.24) is 19.2 Å². The Balaban J connectivity index is 1.67. The van der Waals surface area contributed by atoms with E-state index in [1.54, 1.807) is 18.2 Å². The second-order valence-corrected chi connectivity index (χ2v) is 11.8. The largest absolute Gasteiger partial charge is 0.379 e. The summed E-state index contributed by atoms with van der Waals surface area (Å²) >= 11 is 1.38. The summed E-state index contributed by atoms with van der Waals surface area (Å²) in [4.78, 5) is 17.3. The van der Waals surface area contributed by atoms with Crippen LogP contribution >= 0.6 is 11.8 Å². The first-order valence-electron chi connectivity index (χ1n) is 11.7. The quantitative estimate of drug-likeness (QED) is 0.479. The molecule has 3 rings (SSSR count). The molecule has 0 spiro atoms. The van der Waals surface area contributed by atoms with Gasteiger partial charge in [-0.1, -0.05) is 38.5 Å². The molecule has 184 valence electrons. The molecule has 1 saturated heterocycles. The number of nitrogens with one attached hydrogen (secondary N) is 1. The van der Waals surface area contributed by atoms with Gasteiger partial charge in [-0.05, 0) is 44.4 Å². The number of benzene rings is 1. The fourth-order valence-electron chi connectivity index (χ4n) is 3.95. The molecule has 1 aromatic heterocycles. The van der Waals surface area contributed by atoms with Gasteiger partial charge in [0.1, 0.15) is 0 Å². The van der Waals surface area contributed by atoms with Crippen molar-refractivity contribution >= 4 is 38.7 Å². The molecule has 33 heavy (non-hydrogen) atoms. The summed E-state index contributed by atoms with van der Waals surface area (Å²) in [6.07, 6.45) is 3.24. The maximum Gasteiger partial charge on any atom is 0.243 e. The smallest absolute Gasteiger partial charge is 0.243 e. The molecule has 0 bridgehead atoms. The van der Waals surface area contributed by atoms with E-state index >= 15 is 0 Å². The Morgan fingerprint density at radius 1 is 1.21 bits per heavy atom. The van der Waals surface area contributed by atoms with Crippen LogP contribution in [-0.2, 0) is 26.1 Å². The second kappa shape index (κ2) is 11.7. The summed E-state index contributed by atoms with van der Waals surface area (Å²) < 4.78 is 34.7. The van der Waals surface area contributed by atoms with E-state index in [1.807, 2.05) is 18.4 Å². The molecular formula is C23H36N4O4S2. The number of amides is 1. The van der Waals surface area contributed by atoms with Crippen LogP contribution in [0.2, 0.25) is 0 Å². The molecule has 1 unspecified atom stereocenters. The summed E-state index contributed by atoms with van der Waals surface area (Å²) in [5.74, 6) is 0.939. The lowest BCUT2D eigenvalue weighted by Crippen LogP contribution is -2.40. The van der Waals surface area contributed by atoms with Crippen LogP contribution in [0.1, 0.15) is 47.0 Å². The first-order chi connectivity index (χ1) is 15.7. The van der Waals surface area contributed by atoms with Crippen LogP contribution in [0.3, 0.4) is 0 Å². The number of thioether (sulfide) groups is 1. The van der Waals surface area contributed by atoms with Gasteiger partial charge in [-0.25, -0.2) is 13.4 Å². The number of carbonyl (C=O) groups excluding carboxylic acids is 1. The van der Waals surface area contributed by atoms with Crippen LogP contribution in [0.5, 0.6) is 0 Å². The summed E-state index contributed by atoms with van der Waals surface area (Å²) in [6, 6.07) is 5.23. The fourth-order valence-corrected chi connectivity index (χ4v) is 6.27. The van der Waals surface area contributed by atoms with Crippen LogP contribution in [0.15, 0.2) is 28.3 Å². The Morgan fingerprint density at radius 2 is 1.94 bits per heavy atom. The van der Waals surface area contributed by atoms with Gasteiger partial charge in [0.25, 0.3) is 0 Å². The zero-order chi connectivity index (χ0) is 24.0. The molecule has 1 amide bonds. The van der Waals surface area contributed by atoms with Gasteiger partial charge in [0, 0.05) is 25.7 Å². The highest BCUT2D eigenvalue weighted by Gasteiger charge is 2.27. The molecule has 0 saturated carbocycles. The third-order valence-corrected chi connectivity index (χ3v) is 8.64. The van der Waals surface area contributed by atoms with Crippen molar-refractivity contribution in [3.05, 3.63) is 18.2 Å². The highest BCUT2D eigenvalue weighted by atomic mass is 32.2. The van der Waals surface area contributed by atoms with Crippen LogP contribution in [-0.4, -0.2) is 66.3 Å². The average molecular weight is 497 g/mol. The summed E-state index contributed by atoms with van der Waals surface area (Å²) in [6.45, 7) is 10.7. The van der Waals surface area contributed by atoms with Crippen molar-refractivity contribution in [1.29, 1.82) is 0 Å². The molecular weight excluding hydrogens is 460 g/mol. The predicted molar refractivity (Wildman–Crippen MR) is 132 cm³/mol. The summed E-state index contributed by atoms with van der Waals surface area (Å²) in [5, 5.41) is 3.79. The van der Waals surface area contributed by atoms with Gasteiger partial charge in [-0.3, -0.25) is 4.79 Å². The highest BCUT2D eigenvalue weighted by molar-refractivity contribution is 7.99. The minimum Gasteiger partial charge on any atom is -0.379 e. The number of nitrogens with zero attached hydrogens (tertiary/aromatic N) is 3. The molecule has 8 nitrogen and oxygen atoms in total. The minimum atomic E-state index is -3.58. The van der Waals surface area contributed by atoms with E-state index in [1.165, 1.54) is 22.5 Å². The molecule has 0 radical (unpaired) electrons. The van der Waals surface area contributed by atoms with Crippen LogP contribution < -0.4 is 5.32 Å². The standard InChI is InChI=1S/C23H36N4O4S2/c1-5-27-21-10-9-19(33(29,30)26-11-13-31-14-12-26)15-20(21)25-23(27)32-16-22(28)24-18(4)8-6-7-17(2)3/h9-10,15,17-18H,5-8,11-14,16H2,1-4H3,(H,24,28). The predicted octanol–water partition coefficient (Wildman–Crippen LogP) is 3.50. The molecule has 2 aromatic rings. The molecule has 1 aromatic carbocycles. The molecule has 2 heterocycles. The normalized spacial score (nSPS) is 16.4. The van der Waals surface area contributed by atoms with Crippen molar-refractivity contribution < 1.29 is 17.9 Å². The number of aromatic nitrogens is 2. The number of hydrogen-bond donors (Lipinski definition) is 1. The first-order valence-corrected chi connectivity index (χ1v) is 14.1. The van der Waals surface area contributed by atoms with Crippen LogP contribution in [0.4, 0.5) is 0 Å². The number of fused-ring (bicyclic) bond motifs is 1. The van der Waals surface area contributed by atoms with Crippen molar-refractivity contribution in [3.63, 3.8) is 0 Å². The molecule has 1 fully saturated rings. The van der Waals surface area contributed by atoms with E-state index < -0.39 is 10.0 Å². The average Bonchev–Trinajstić information content (AvgIpc) is 3.14. The van der Waals surface area contributed by atoms with Crippen molar-refractivity contribution in [2.75, 3.05) is 32.1 Å². The lowest BCUT2D eigenvalue weighted by molar-refractivity contribution is -0.119. The van der Waals surface area contributed by atoms with Gasteiger partial charge in [0.05, 0.1) is 34.9 Å². The molecule has 1 N–H and O–H groups in total. The van der Waals surface area contributed by atoms with Gasteiger partial charge in [0.2, 0.25) is 15.9 Å². The van der Waals surface area contributed by atoms with Crippen molar-refractivity contribution in [3.8, 4) is 0 Å². The number of ether oxygens (including phenoxy) is 1. The van der Waals surface area contributed by atoms with E-state index in [0.29, 0.717) is 44.3 Å². The Hall–Kier alpha value is -1.62. The Labute approximate surface area is 201 Å². The van der Waals surface area contributed by atoms with Crippen molar-refractivity contribution in [2.45, 2.75) is 69.6 Å². The zero-order valence-corrected chi connectivity index (χ0v) is 21.7. The third kappa shape index (κ3) is 6.71. The van der Waals surface area contributed by atoms with E-state index in [0.717, 1.165) is 23.5 Å². The second-order valence-electron chi connectivity index (χ2n) is 8.89. The SMILES string of the molecule is CCn1c(SCC(=O)NC(C)CCCC(C)C)nc2cc(S(=O)(=O)N3CCOCC3)ccc21. The highest BCUT2D eigenvalue weighted by Crippen LogP contribution is 2.27. The zero-order valence-electron chi connectivity index (χ0n) is 20.0. The van der Waals surface area contributed by atoms with E-state index in [-0.39, 0.29) is 22.6 Å². The van der Waals surface area contributed by atoms with Gasteiger partial charge < -0.3 is 14.6 Å². The Kier molecular flexibility index (Phi) is 9.20. The lowest BCUT2D eigenvalue weighted by atomic mass is 10.0. The van der Waals surface area contributed by atoms with Crippen LogP contribution in [0.25, 0.3) is 11.0 Å². The van der Waals surface area contributed by atoms with Gasteiger partial charge >= 0.3 is 0 Å². The number of sulfonamides is 1. The molecule has 0 aliphatic carbocycles. The van der Waals surface area contributed by atoms with E-state index in [4.69, 9.17) is 4.74 Å². The number of carbonyl (C=O) groups is 1. The molecule has 1 aliphatic rings. The number of morpholine rings is 1. The van der Waals surface area contributed by atoms with E-state index in [2.05, 4.69) is 24.1 Å². The Bertz CT molecular complexity index is 1050. The number of imidazole rings is 1.